The van der Waals surface area contributed by atoms with Gasteiger partial charge in [0.2, 0.25) is 6.41 Å². The van der Waals surface area contributed by atoms with Crippen LogP contribution in [0.15, 0.2) is 36.7 Å². The van der Waals surface area contributed by atoms with E-state index < -0.39 is 0 Å². The Morgan fingerprint density at radius 2 is 1.91 bits per heavy atom. The molecule has 2 heterocycles. The van der Waals surface area contributed by atoms with Gasteiger partial charge in [0, 0.05) is 40.1 Å². The number of imidazole rings is 1. The lowest BCUT2D eigenvalue weighted by Crippen LogP contribution is -2.30. The maximum absolute atomic E-state index is 13.3. The zero-order chi connectivity index (χ0) is 24.7. The Hall–Kier alpha value is -3.42. The molecule has 0 radical (unpaired) electrons. The van der Waals surface area contributed by atoms with Gasteiger partial charge >= 0.3 is 0 Å². The van der Waals surface area contributed by atoms with Crippen molar-refractivity contribution < 1.29 is 9.59 Å². The fourth-order valence-corrected chi connectivity index (χ4v) is 3.56. The van der Waals surface area contributed by atoms with Crippen molar-refractivity contribution in [1.29, 1.82) is 0 Å². The molecule has 0 saturated heterocycles. The Labute approximate surface area is 196 Å². The van der Waals surface area contributed by atoms with Crippen LogP contribution in [-0.2, 0) is 18.4 Å². The van der Waals surface area contributed by atoms with Crippen molar-refractivity contribution in [1.82, 2.24) is 24.2 Å². The number of benzene rings is 1. The van der Waals surface area contributed by atoms with E-state index in [9.17, 15) is 9.59 Å². The lowest BCUT2D eigenvalue weighted by Gasteiger charge is -2.19. The monoisotopic (exact) mass is 452 g/mol. The molecule has 0 aliphatic rings. The van der Waals surface area contributed by atoms with Gasteiger partial charge in [-0.1, -0.05) is 57.5 Å². The number of hydrogen-bond donors (Lipinski definition) is 0. The third kappa shape index (κ3) is 5.88. The molecule has 3 rings (SSSR count). The number of rotatable bonds is 8. The van der Waals surface area contributed by atoms with Gasteiger partial charge in [0.05, 0.1) is 6.54 Å². The maximum Gasteiger partial charge on any atom is 0.259 e. The van der Waals surface area contributed by atoms with Crippen LogP contribution < -0.4 is 4.90 Å². The van der Waals surface area contributed by atoms with Gasteiger partial charge < -0.3 is 9.47 Å². The molecule has 178 valence electrons. The summed E-state index contributed by atoms with van der Waals surface area (Å²) in [6.45, 7) is 11.0. The smallest absolute Gasteiger partial charge is 0.259 e. The first-order chi connectivity index (χ1) is 15.7. The van der Waals surface area contributed by atoms with Crippen molar-refractivity contribution >= 4 is 18.1 Å². The fourth-order valence-electron chi connectivity index (χ4n) is 3.56. The normalized spacial score (nSPS) is 10.6. The first-order valence-corrected chi connectivity index (χ1v) is 11.3. The second-order valence-corrected chi connectivity index (χ2v) is 8.41. The molecule has 0 aliphatic heterocycles. The first-order valence-electron chi connectivity index (χ1n) is 11.3. The molecule has 8 heteroatoms. The number of hydrogen-bond acceptors (Lipinski definition) is 4. The molecule has 0 aliphatic carbocycles. The van der Waals surface area contributed by atoms with Crippen LogP contribution in [-0.4, -0.2) is 57.2 Å². The van der Waals surface area contributed by atoms with Crippen LogP contribution in [0.25, 0.3) is 11.5 Å². The second-order valence-electron chi connectivity index (χ2n) is 8.41. The molecular weight excluding hydrogens is 416 g/mol. The predicted octanol–water partition coefficient (Wildman–Crippen LogP) is 3.99. The zero-order valence-electron chi connectivity index (χ0n) is 21.0. The standard InChI is InChI=1S/C23H30N6O2.C2H6/c1-16(2)13-28(15-30)21-19(23(31)26(4)5)20(22-24-10-11-27(22)6)29(25-21)14-18-9-7-8-17(3)12-18;1-2/h7-12,15-16H,13-14H2,1-6H3;1-2H3. The van der Waals surface area contributed by atoms with Crippen molar-refractivity contribution in [3.05, 3.63) is 53.3 Å². The third-order valence-electron chi connectivity index (χ3n) is 4.96. The third-order valence-corrected chi connectivity index (χ3v) is 4.96. The van der Waals surface area contributed by atoms with Gasteiger partial charge in [-0.05, 0) is 18.4 Å². The van der Waals surface area contributed by atoms with E-state index in [1.165, 1.54) is 9.80 Å². The highest BCUT2D eigenvalue weighted by atomic mass is 16.2. The largest absolute Gasteiger partial charge is 0.345 e. The molecule has 0 unspecified atom stereocenters. The number of carbonyl (C=O) groups is 2. The number of anilines is 1. The lowest BCUT2D eigenvalue weighted by atomic mass is 10.1. The number of carbonyl (C=O) groups excluding carboxylic acids is 2. The summed E-state index contributed by atoms with van der Waals surface area (Å²) in [6.07, 6.45) is 4.26. The molecule has 0 spiro atoms. The Morgan fingerprint density at radius 3 is 2.42 bits per heavy atom. The summed E-state index contributed by atoms with van der Waals surface area (Å²) < 4.78 is 3.63. The average molecular weight is 453 g/mol. The Kier molecular flexibility index (Phi) is 8.96. The van der Waals surface area contributed by atoms with Crippen LogP contribution in [0.1, 0.15) is 49.2 Å². The second kappa shape index (κ2) is 11.4. The molecule has 2 amide bonds. The summed E-state index contributed by atoms with van der Waals surface area (Å²) in [5.41, 5.74) is 3.16. The Balaban J connectivity index is 0.00000187. The molecule has 0 saturated carbocycles. The van der Waals surface area contributed by atoms with Crippen LogP contribution in [0, 0.1) is 12.8 Å². The van der Waals surface area contributed by atoms with Crippen LogP contribution in [0.4, 0.5) is 5.82 Å². The minimum absolute atomic E-state index is 0.214. The fraction of sp³-hybridized carbons (Fsp3) is 0.440. The van der Waals surface area contributed by atoms with E-state index in [1.807, 2.05) is 70.6 Å². The number of aromatic nitrogens is 4. The molecule has 0 bridgehead atoms. The van der Waals surface area contributed by atoms with Crippen LogP contribution in [0.2, 0.25) is 0 Å². The average Bonchev–Trinajstić information content (AvgIpc) is 3.35. The van der Waals surface area contributed by atoms with E-state index in [2.05, 4.69) is 11.1 Å². The van der Waals surface area contributed by atoms with Crippen LogP contribution in [0.3, 0.4) is 0 Å². The SMILES string of the molecule is CC.Cc1cccc(Cn2nc(N(C=O)CC(C)C)c(C(=O)N(C)C)c2-c2nccn2C)c1. The van der Waals surface area contributed by atoms with Gasteiger partial charge in [0.1, 0.15) is 11.3 Å². The number of nitrogens with zero attached hydrogens (tertiary/aromatic N) is 6. The van der Waals surface area contributed by atoms with Crippen LogP contribution in [0.5, 0.6) is 0 Å². The van der Waals surface area contributed by atoms with E-state index in [-0.39, 0.29) is 11.8 Å². The quantitative estimate of drug-likeness (QED) is 0.484. The highest BCUT2D eigenvalue weighted by Crippen LogP contribution is 2.32. The van der Waals surface area contributed by atoms with Crippen molar-refractivity contribution in [3.63, 3.8) is 0 Å². The summed E-state index contributed by atoms with van der Waals surface area (Å²) >= 11 is 0. The van der Waals surface area contributed by atoms with E-state index in [1.54, 1.807) is 25.0 Å². The van der Waals surface area contributed by atoms with Gasteiger partial charge in [-0.15, -0.1) is 0 Å². The predicted molar refractivity (Wildman–Crippen MR) is 132 cm³/mol. The summed E-state index contributed by atoms with van der Waals surface area (Å²) in [5, 5.41) is 4.77. The molecule has 0 atom stereocenters. The van der Waals surface area contributed by atoms with Crippen molar-refractivity contribution in [2.24, 2.45) is 13.0 Å². The van der Waals surface area contributed by atoms with Crippen molar-refractivity contribution in [2.45, 2.75) is 41.2 Å². The Bertz CT molecular complexity index is 1080. The summed E-state index contributed by atoms with van der Waals surface area (Å²) in [6, 6.07) is 8.14. The molecule has 0 N–H and O–H groups in total. The maximum atomic E-state index is 13.3. The van der Waals surface area contributed by atoms with Crippen molar-refractivity contribution in [2.75, 3.05) is 25.5 Å². The molecule has 1 aromatic carbocycles. The highest BCUT2D eigenvalue weighted by molar-refractivity contribution is 6.05. The molecule has 0 fully saturated rings. The van der Waals surface area contributed by atoms with Gasteiger partial charge in [-0.2, -0.15) is 5.10 Å². The molecule has 2 aromatic heterocycles. The first kappa shape index (κ1) is 25.8. The lowest BCUT2D eigenvalue weighted by molar-refractivity contribution is -0.107. The molecular formula is C25H36N6O2. The topological polar surface area (TPSA) is 76.3 Å². The van der Waals surface area contributed by atoms with E-state index in [0.29, 0.717) is 36.0 Å². The van der Waals surface area contributed by atoms with Crippen LogP contribution >= 0.6 is 0 Å². The van der Waals surface area contributed by atoms with E-state index in [4.69, 9.17) is 5.10 Å². The summed E-state index contributed by atoms with van der Waals surface area (Å²) in [5.74, 6) is 0.963. The molecule has 33 heavy (non-hydrogen) atoms. The summed E-state index contributed by atoms with van der Waals surface area (Å²) in [7, 11) is 5.27. The van der Waals surface area contributed by atoms with Gasteiger partial charge in [-0.25, -0.2) is 4.98 Å². The molecule has 3 aromatic rings. The van der Waals surface area contributed by atoms with Crippen molar-refractivity contribution in [3.8, 4) is 11.5 Å². The van der Waals surface area contributed by atoms with Gasteiger partial charge in [0.15, 0.2) is 11.6 Å². The minimum Gasteiger partial charge on any atom is -0.345 e. The molecule has 8 nitrogen and oxygen atoms in total. The number of aryl methyl sites for hydroxylation is 2. The number of amides is 2. The van der Waals surface area contributed by atoms with Gasteiger partial charge in [-0.3, -0.25) is 19.2 Å². The Morgan fingerprint density at radius 1 is 1.21 bits per heavy atom. The zero-order valence-corrected chi connectivity index (χ0v) is 21.0. The van der Waals surface area contributed by atoms with E-state index >= 15 is 0 Å². The highest BCUT2D eigenvalue weighted by Gasteiger charge is 2.31. The van der Waals surface area contributed by atoms with E-state index in [0.717, 1.165) is 17.5 Å². The summed E-state index contributed by atoms with van der Waals surface area (Å²) in [4.78, 5) is 32.8. The van der Waals surface area contributed by atoms with Gasteiger partial charge in [0.25, 0.3) is 5.91 Å². The minimum atomic E-state index is -0.223.